The number of fused-ring (bicyclic) bond motifs is 1. The van der Waals surface area contributed by atoms with Crippen molar-refractivity contribution in [3.05, 3.63) is 99.6 Å². The molecule has 4 aromatic rings. The van der Waals surface area contributed by atoms with Crippen molar-refractivity contribution >= 4 is 16.8 Å². The van der Waals surface area contributed by atoms with E-state index >= 15 is 0 Å². The molecule has 0 N–H and O–H groups in total. The summed E-state index contributed by atoms with van der Waals surface area (Å²) >= 11 is 0. The van der Waals surface area contributed by atoms with E-state index in [4.69, 9.17) is 9.72 Å². The van der Waals surface area contributed by atoms with E-state index in [2.05, 4.69) is 13.8 Å². The first-order chi connectivity index (χ1) is 17.9. The highest BCUT2D eigenvalue weighted by Gasteiger charge is 2.28. The van der Waals surface area contributed by atoms with Crippen molar-refractivity contribution in [1.29, 1.82) is 0 Å². The maximum Gasteiger partial charge on any atom is 0.266 e. The number of para-hydroxylation sites is 1. The van der Waals surface area contributed by atoms with Gasteiger partial charge in [-0.25, -0.2) is 4.98 Å². The molecule has 0 saturated carbocycles. The van der Waals surface area contributed by atoms with Gasteiger partial charge in [0.25, 0.3) is 11.5 Å². The Bertz CT molecular complexity index is 1460. The number of amides is 1. The van der Waals surface area contributed by atoms with E-state index in [1.807, 2.05) is 79.4 Å². The molecule has 1 aromatic heterocycles. The van der Waals surface area contributed by atoms with Crippen LogP contribution in [0.2, 0.25) is 0 Å². The number of benzene rings is 3. The van der Waals surface area contributed by atoms with Crippen LogP contribution in [0.25, 0.3) is 16.6 Å². The molecule has 3 aromatic carbocycles. The van der Waals surface area contributed by atoms with Gasteiger partial charge in [0.1, 0.15) is 11.6 Å². The molecule has 1 heterocycles. The first kappa shape index (κ1) is 26.1. The van der Waals surface area contributed by atoms with Gasteiger partial charge in [0.15, 0.2) is 0 Å². The lowest BCUT2D eigenvalue weighted by molar-refractivity contribution is 0.0678. The maximum absolute atomic E-state index is 13.9. The zero-order valence-corrected chi connectivity index (χ0v) is 22.3. The molecule has 0 saturated heterocycles. The van der Waals surface area contributed by atoms with Gasteiger partial charge in [0.2, 0.25) is 0 Å². The highest BCUT2D eigenvalue weighted by atomic mass is 16.5. The Kier molecular flexibility index (Phi) is 8.07. The second kappa shape index (κ2) is 11.4. The van der Waals surface area contributed by atoms with Crippen LogP contribution in [0.4, 0.5) is 0 Å². The van der Waals surface area contributed by atoms with E-state index in [9.17, 15) is 9.59 Å². The Balaban J connectivity index is 1.92. The van der Waals surface area contributed by atoms with Crippen LogP contribution in [0.3, 0.4) is 0 Å². The van der Waals surface area contributed by atoms with Crippen molar-refractivity contribution in [2.24, 2.45) is 0 Å². The van der Waals surface area contributed by atoms with Crippen molar-refractivity contribution < 1.29 is 9.53 Å². The molecule has 1 amide bonds. The second-order valence-electron chi connectivity index (χ2n) is 9.38. The van der Waals surface area contributed by atoms with Gasteiger partial charge in [0, 0.05) is 12.1 Å². The second-order valence-corrected chi connectivity index (χ2v) is 9.38. The molecule has 0 bridgehead atoms. The Labute approximate surface area is 218 Å². The van der Waals surface area contributed by atoms with E-state index in [0.717, 1.165) is 24.8 Å². The maximum atomic E-state index is 13.9. The predicted octanol–water partition coefficient (Wildman–Crippen LogP) is 6.27. The predicted molar refractivity (Wildman–Crippen MR) is 149 cm³/mol. The van der Waals surface area contributed by atoms with Crippen molar-refractivity contribution in [2.75, 3.05) is 13.7 Å². The number of aryl methyl sites for hydroxylation is 2. The number of rotatable bonds is 9. The summed E-state index contributed by atoms with van der Waals surface area (Å²) in [5.74, 6) is 0.996. The van der Waals surface area contributed by atoms with Gasteiger partial charge in [-0.3, -0.25) is 14.2 Å². The van der Waals surface area contributed by atoms with Gasteiger partial charge in [-0.05, 0) is 74.2 Å². The van der Waals surface area contributed by atoms with E-state index in [0.29, 0.717) is 40.3 Å². The van der Waals surface area contributed by atoms with Gasteiger partial charge in [0.05, 0.1) is 29.7 Å². The summed E-state index contributed by atoms with van der Waals surface area (Å²) in [7, 11) is 1.59. The number of carbonyl (C=O) groups excluding carboxylic acids is 1. The fourth-order valence-electron chi connectivity index (χ4n) is 4.63. The lowest BCUT2D eigenvalue weighted by Crippen LogP contribution is -2.38. The number of unbranched alkanes of at least 4 members (excludes halogenated alkanes) is 1. The summed E-state index contributed by atoms with van der Waals surface area (Å²) < 4.78 is 7.27. The van der Waals surface area contributed by atoms with E-state index in [1.165, 1.54) is 5.56 Å². The molecule has 0 spiro atoms. The molecule has 6 nitrogen and oxygen atoms in total. The topological polar surface area (TPSA) is 64.4 Å². The smallest absolute Gasteiger partial charge is 0.266 e. The Morgan fingerprint density at radius 3 is 2.46 bits per heavy atom. The average molecular weight is 498 g/mol. The molecule has 1 atom stereocenters. The van der Waals surface area contributed by atoms with Crippen molar-refractivity contribution in [3.63, 3.8) is 0 Å². The molecule has 6 heteroatoms. The summed E-state index contributed by atoms with van der Waals surface area (Å²) in [6.45, 7) is 8.67. The number of aromatic nitrogens is 2. The Hall–Kier alpha value is -3.93. The zero-order valence-electron chi connectivity index (χ0n) is 22.3. The summed E-state index contributed by atoms with van der Waals surface area (Å²) in [5.41, 5.74) is 3.83. The van der Waals surface area contributed by atoms with Crippen LogP contribution >= 0.6 is 0 Å². The molecule has 0 radical (unpaired) electrons. The fraction of sp³-hybridized carbons (Fsp3) is 0.323. The van der Waals surface area contributed by atoms with Gasteiger partial charge < -0.3 is 9.64 Å². The molecule has 192 valence electrons. The highest BCUT2D eigenvalue weighted by molar-refractivity contribution is 5.94. The molecule has 0 aliphatic carbocycles. The Morgan fingerprint density at radius 2 is 1.78 bits per heavy atom. The largest absolute Gasteiger partial charge is 0.495 e. The van der Waals surface area contributed by atoms with E-state index in [1.54, 1.807) is 17.7 Å². The molecule has 1 unspecified atom stereocenters. The molecular weight excluding hydrogens is 462 g/mol. The minimum atomic E-state index is -0.465. The molecule has 0 aliphatic heterocycles. The number of ether oxygens (including phenoxy) is 1. The standard InChI is InChI=1S/C31H35N3O3/c1-6-8-19-33(30(35)24-16-14-23(7-2)15-17-24)22(4)29-32-26-12-10-9-11-25(26)31(36)34(29)27-20-21(3)13-18-28(27)37-5/h9-18,20,22H,6-8,19H2,1-5H3. The Morgan fingerprint density at radius 1 is 1.05 bits per heavy atom. The first-order valence-electron chi connectivity index (χ1n) is 13.0. The summed E-state index contributed by atoms with van der Waals surface area (Å²) in [4.78, 5) is 34.6. The summed E-state index contributed by atoms with van der Waals surface area (Å²) in [6.07, 6.45) is 2.69. The third-order valence-corrected chi connectivity index (χ3v) is 6.84. The van der Waals surface area contributed by atoms with Crippen LogP contribution < -0.4 is 10.3 Å². The number of hydrogen-bond donors (Lipinski definition) is 0. The normalized spacial score (nSPS) is 11.9. The molecule has 0 aliphatic rings. The monoisotopic (exact) mass is 497 g/mol. The van der Waals surface area contributed by atoms with Gasteiger partial charge in [-0.1, -0.05) is 50.6 Å². The molecular formula is C31H35N3O3. The number of methoxy groups -OCH3 is 1. The minimum Gasteiger partial charge on any atom is -0.495 e. The number of hydrogen-bond acceptors (Lipinski definition) is 4. The van der Waals surface area contributed by atoms with Gasteiger partial charge in [-0.2, -0.15) is 0 Å². The highest BCUT2D eigenvalue weighted by Crippen LogP contribution is 2.29. The summed E-state index contributed by atoms with van der Waals surface area (Å²) in [5, 5.41) is 0.517. The van der Waals surface area contributed by atoms with Crippen molar-refractivity contribution in [1.82, 2.24) is 14.5 Å². The third kappa shape index (κ3) is 5.29. The number of nitrogens with zero attached hydrogens (tertiary/aromatic N) is 3. The average Bonchev–Trinajstić information content (AvgIpc) is 2.93. The van der Waals surface area contributed by atoms with Crippen LogP contribution in [0.1, 0.15) is 67.0 Å². The first-order valence-corrected chi connectivity index (χ1v) is 13.0. The minimum absolute atomic E-state index is 0.0752. The summed E-state index contributed by atoms with van der Waals surface area (Å²) in [6, 6.07) is 20.4. The van der Waals surface area contributed by atoms with Gasteiger partial charge >= 0.3 is 0 Å². The third-order valence-electron chi connectivity index (χ3n) is 6.84. The van der Waals surface area contributed by atoms with Crippen molar-refractivity contribution in [2.45, 2.75) is 53.0 Å². The molecule has 0 fully saturated rings. The lowest BCUT2D eigenvalue weighted by atomic mass is 10.1. The molecule has 37 heavy (non-hydrogen) atoms. The van der Waals surface area contributed by atoms with Gasteiger partial charge in [-0.15, -0.1) is 0 Å². The fourth-order valence-corrected chi connectivity index (χ4v) is 4.63. The quantitative estimate of drug-likeness (QED) is 0.273. The van der Waals surface area contributed by atoms with Crippen LogP contribution in [0.15, 0.2) is 71.5 Å². The lowest BCUT2D eigenvalue weighted by Gasteiger charge is -2.31. The zero-order chi connectivity index (χ0) is 26.5. The van der Waals surface area contributed by atoms with Crippen molar-refractivity contribution in [3.8, 4) is 11.4 Å². The van der Waals surface area contributed by atoms with E-state index in [-0.39, 0.29) is 11.5 Å². The van der Waals surface area contributed by atoms with Crippen LogP contribution in [-0.2, 0) is 6.42 Å². The van der Waals surface area contributed by atoms with Crippen LogP contribution in [0.5, 0.6) is 5.75 Å². The number of carbonyl (C=O) groups is 1. The van der Waals surface area contributed by atoms with E-state index < -0.39 is 6.04 Å². The molecule has 4 rings (SSSR count). The van der Waals surface area contributed by atoms with Crippen LogP contribution in [0, 0.1) is 6.92 Å². The van der Waals surface area contributed by atoms with Crippen LogP contribution in [-0.4, -0.2) is 34.0 Å². The SMILES string of the molecule is CCCCN(C(=O)c1ccc(CC)cc1)C(C)c1nc2ccccc2c(=O)n1-c1cc(C)ccc1OC.